The van der Waals surface area contributed by atoms with Gasteiger partial charge in [-0.25, -0.2) is 4.39 Å². The second-order valence-electron chi connectivity index (χ2n) is 4.34. The molecule has 4 nitrogen and oxygen atoms in total. The molecule has 0 aliphatic carbocycles. The molecule has 6 heteroatoms. The second kappa shape index (κ2) is 5.88. The van der Waals surface area contributed by atoms with E-state index >= 15 is 0 Å². The molecule has 0 saturated carbocycles. The molecule has 20 heavy (non-hydrogen) atoms. The molecule has 2 aromatic carbocycles. The van der Waals surface area contributed by atoms with Gasteiger partial charge in [0.05, 0.1) is 4.92 Å². The van der Waals surface area contributed by atoms with Crippen LogP contribution in [0.15, 0.2) is 42.5 Å². The van der Waals surface area contributed by atoms with Crippen molar-refractivity contribution in [3.8, 4) is 0 Å². The summed E-state index contributed by atoms with van der Waals surface area (Å²) in [6.45, 7) is 1.88. The van der Waals surface area contributed by atoms with E-state index in [2.05, 4.69) is 5.32 Å². The number of nitro benzene ring substituents is 1. The molecule has 1 atom stereocenters. The van der Waals surface area contributed by atoms with Crippen molar-refractivity contribution in [2.75, 3.05) is 5.32 Å². The highest BCUT2D eigenvalue weighted by molar-refractivity contribution is 6.31. The van der Waals surface area contributed by atoms with Gasteiger partial charge in [-0.1, -0.05) is 17.7 Å². The number of anilines is 1. The summed E-state index contributed by atoms with van der Waals surface area (Å²) in [6.07, 6.45) is 0. The van der Waals surface area contributed by atoms with Crippen LogP contribution in [0.4, 0.5) is 15.8 Å². The molecular formula is C14H12ClFN2O2. The molecule has 0 aromatic heterocycles. The van der Waals surface area contributed by atoms with Crippen molar-refractivity contribution in [1.29, 1.82) is 0 Å². The maximum absolute atomic E-state index is 13.0. The first-order valence-electron chi connectivity index (χ1n) is 5.93. The highest BCUT2D eigenvalue weighted by Gasteiger charge is 2.11. The van der Waals surface area contributed by atoms with E-state index < -0.39 is 4.92 Å². The fourth-order valence-electron chi connectivity index (χ4n) is 1.86. The molecule has 0 radical (unpaired) electrons. The predicted molar refractivity (Wildman–Crippen MR) is 76.5 cm³/mol. The zero-order valence-electron chi connectivity index (χ0n) is 10.6. The molecule has 0 spiro atoms. The van der Waals surface area contributed by atoms with Gasteiger partial charge in [0.2, 0.25) is 0 Å². The number of non-ortho nitro benzene ring substituents is 1. The van der Waals surface area contributed by atoms with Gasteiger partial charge in [0.1, 0.15) is 5.82 Å². The lowest BCUT2D eigenvalue weighted by atomic mass is 10.1. The maximum Gasteiger partial charge on any atom is 0.269 e. The van der Waals surface area contributed by atoms with Crippen molar-refractivity contribution in [3.05, 3.63) is 69.0 Å². The molecule has 0 heterocycles. The first-order chi connectivity index (χ1) is 9.47. The summed E-state index contributed by atoms with van der Waals surface area (Å²) < 4.78 is 13.0. The molecule has 1 N–H and O–H groups in total. The van der Waals surface area contributed by atoms with Gasteiger partial charge in [-0.3, -0.25) is 10.1 Å². The van der Waals surface area contributed by atoms with Crippen molar-refractivity contribution >= 4 is 23.0 Å². The average molecular weight is 295 g/mol. The minimum atomic E-state index is -0.454. The molecule has 2 rings (SSSR count). The van der Waals surface area contributed by atoms with Crippen LogP contribution in [0.3, 0.4) is 0 Å². The Morgan fingerprint density at radius 1 is 1.25 bits per heavy atom. The Morgan fingerprint density at radius 2 is 1.90 bits per heavy atom. The standard InChI is InChI=1S/C14H12ClFN2O2/c1-9(13-7-2-10(16)8-14(13)15)17-11-3-5-12(6-4-11)18(19)20/h2-9,17H,1H3. The Bertz CT molecular complexity index is 632. The van der Waals surface area contributed by atoms with Gasteiger partial charge in [0, 0.05) is 28.9 Å². The Kier molecular flexibility index (Phi) is 4.20. The van der Waals surface area contributed by atoms with Gasteiger partial charge in [-0.2, -0.15) is 0 Å². The van der Waals surface area contributed by atoms with Crippen molar-refractivity contribution in [1.82, 2.24) is 0 Å². The number of nitrogens with zero attached hydrogens (tertiary/aromatic N) is 1. The van der Waals surface area contributed by atoms with E-state index in [-0.39, 0.29) is 17.5 Å². The summed E-state index contributed by atoms with van der Waals surface area (Å²) in [5.74, 6) is -0.388. The smallest absolute Gasteiger partial charge is 0.269 e. The molecule has 0 aliphatic rings. The van der Waals surface area contributed by atoms with E-state index in [0.717, 1.165) is 11.3 Å². The lowest BCUT2D eigenvalue weighted by Crippen LogP contribution is -2.07. The number of benzene rings is 2. The van der Waals surface area contributed by atoms with Gasteiger partial charge < -0.3 is 5.32 Å². The monoisotopic (exact) mass is 294 g/mol. The maximum atomic E-state index is 13.0. The largest absolute Gasteiger partial charge is 0.378 e. The fraction of sp³-hybridized carbons (Fsp3) is 0.143. The van der Waals surface area contributed by atoms with Crippen LogP contribution in [-0.4, -0.2) is 4.92 Å². The van der Waals surface area contributed by atoms with Crippen molar-refractivity contribution in [2.45, 2.75) is 13.0 Å². The molecule has 0 saturated heterocycles. The fourth-order valence-corrected chi connectivity index (χ4v) is 2.19. The predicted octanol–water partition coefficient (Wildman–Crippen LogP) is 4.56. The Labute approximate surface area is 120 Å². The second-order valence-corrected chi connectivity index (χ2v) is 4.74. The Morgan fingerprint density at radius 3 is 2.45 bits per heavy atom. The summed E-state index contributed by atoms with van der Waals surface area (Å²) in [5.41, 5.74) is 1.51. The average Bonchev–Trinajstić information content (AvgIpc) is 2.39. The van der Waals surface area contributed by atoms with Gasteiger partial charge in [-0.05, 0) is 36.8 Å². The lowest BCUT2D eigenvalue weighted by Gasteiger charge is -2.17. The molecule has 2 aromatic rings. The highest BCUT2D eigenvalue weighted by atomic mass is 35.5. The van der Waals surface area contributed by atoms with E-state index in [4.69, 9.17) is 11.6 Å². The van der Waals surface area contributed by atoms with Crippen LogP contribution in [0.1, 0.15) is 18.5 Å². The van der Waals surface area contributed by atoms with Crippen LogP contribution in [0.25, 0.3) is 0 Å². The van der Waals surface area contributed by atoms with Crippen LogP contribution >= 0.6 is 11.6 Å². The van der Waals surface area contributed by atoms with Crippen molar-refractivity contribution < 1.29 is 9.31 Å². The summed E-state index contributed by atoms with van der Waals surface area (Å²) >= 11 is 5.99. The van der Waals surface area contributed by atoms with Gasteiger partial charge in [0.15, 0.2) is 0 Å². The van der Waals surface area contributed by atoms with Crippen LogP contribution < -0.4 is 5.32 Å². The minimum absolute atomic E-state index is 0.0306. The van der Waals surface area contributed by atoms with Crippen LogP contribution in [0.5, 0.6) is 0 Å². The number of rotatable bonds is 4. The SMILES string of the molecule is CC(Nc1ccc([N+](=O)[O-])cc1)c1ccc(F)cc1Cl. The first kappa shape index (κ1) is 14.3. The number of hydrogen-bond acceptors (Lipinski definition) is 3. The molecule has 0 fully saturated rings. The Hall–Kier alpha value is -2.14. The van der Waals surface area contributed by atoms with Crippen LogP contribution in [0.2, 0.25) is 5.02 Å². The molecule has 0 amide bonds. The summed E-state index contributed by atoms with van der Waals surface area (Å²) in [4.78, 5) is 10.1. The van der Waals surface area contributed by atoms with E-state index in [9.17, 15) is 14.5 Å². The number of halogens is 2. The number of nitro groups is 1. The third kappa shape index (κ3) is 3.24. The zero-order chi connectivity index (χ0) is 14.7. The third-order valence-electron chi connectivity index (χ3n) is 2.89. The normalized spacial score (nSPS) is 11.9. The summed E-state index contributed by atoms with van der Waals surface area (Å²) in [6, 6.07) is 10.1. The zero-order valence-corrected chi connectivity index (χ0v) is 11.4. The first-order valence-corrected chi connectivity index (χ1v) is 6.31. The number of hydrogen-bond donors (Lipinski definition) is 1. The molecule has 0 aliphatic heterocycles. The van der Waals surface area contributed by atoms with E-state index in [1.54, 1.807) is 18.2 Å². The van der Waals surface area contributed by atoms with E-state index in [1.807, 2.05) is 6.92 Å². The van der Waals surface area contributed by atoms with Crippen molar-refractivity contribution in [2.24, 2.45) is 0 Å². The van der Waals surface area contributed by atoms with Gasteiger partial charge in [0.25, 0.3) is 5.69 Å². The molecule has 104 valence electrons. The van der Waals surface area contributed by atoms with E-state index in [1.165, 1.54) is 24.3 Å². The van der Waals surface area contributed by atoms with E-state index in [0.29, 0.717) is 5.02 Å². The minimum Gasteiger partial charge on any atom is -0.378 e. The van der Waals surface area contributed by atoms with Crippen LogP contribution in [0, 0.1) is 15.9 Å². The molecule has 1 unspecified atom stereocenters. The van der Waals surface area contributed by atoms with Crippen molar-refractivity contribution in [3.63, 3.8) is 0 Å². The van der Waals surface area contributed by atoms with Crippen LogP contribution in [-0.2, 0) is 0 Å². The highest BCUT2D eigenvalue weighted by Crippen LogP contribution is 2.27. The topological polar surface area (TPSA) is 55.2 Å². The Balaban J connectivity index is 2.14. The van der Waals surface area contributed by atoms with Gasteiger partial charge >= 0.3 is 0 Å². The molecule has 0 bridgehead atoms. The lowest BCUT2D eigenvalue weighted by molar-refractivity contribution is -0.384. The molecular weight excluding hydrogens is 283 g/mol. The van der Waals surface area contributed by atoms with Gasteiger partial charge in [-0.15, -0.1) is 0 Å². The third-order valence-corrected chi connectivity index (χ3v) is 3.22. The number of nitrogens with one attached hydrogen (secondary N) is 1. The quantitative estimate of drug-likeness (QED) is 0.664. The summed E-state index contributed by atoms with van der Waals surface area (Å²) in [5, 5.41) is 14.1. The summed E-state index contributed by atoms with van der Waals surface area (Å²) in [7, 11) is 0.